The van der Waals surface area contributed by atoms with E-state index in [2.05, 4.69) is 0 Å². The normalized spacial score (nSPS) is 15.7. The molecule has 1 aromatic rings. The fraction of sp³-hybridized carbons (Fsp3) is 0.625. The van der Waals surface area contributed by atoms with Gasteiger partial charge in [0.05, 0.1) is 12.7 Å². The maximum atomic E-state index is 10.2. The highest BCUT2D eigenvalue weighted by atomic mass is 16.5. The second-order valence-corrected chi connectivity index (χ2v) is 5.28. The zero-order valence-electron chi connectivity index (χ0n) is 12.7. The number of rotatable bonds is 8. The summed E-state index contributed by atoms with van der Waals surface area (Å²) >= 11 is 0. The number of hydrogen-bond acceptors (Lipinski definition) is 4. The Morgan fingerprint density at radius 2 is 2.00 bits per heavy atom. The third-order valence-corrected chi connectivity index (χ3v) is 3.57. The number of aliphatic hydroxyl groups excluding tert-OH is 1. The van der Waals surface area contributed by atoms with E-state index in [0.717, 1.165) is 18.4 Å². The Morgan fingerprint density at radius 3 is 2.60 bits per heavy atom. The molecule has 4 N–H and O–H groups in total. The summed E-state index contributed by atoms with van der Waals surface area (Å²) < 4.78 is 5.38. The van der Waals surface area contributed by atoms with Crippen molar-refractivity contribution < 1.29 is 14.9 Å². The van der Waals surface area contributed by atoms with Crippen molar-refractivity contribution in [2.45, 2.75) is 58.1 Å². The number of ether oxygens (including phenoxy) is 1. The second-order valence-electron chi connectivity index (χ2n) is 5.28. The van der Waals surface area contributed by atoms with Gasteiger partial charge in [0.2, 0.25) is 0 Å². The van der Waals surface area contributed by atoms with Gasteiger partial charge in [-0.25, -0.2) is 0 Å². The van der Waals surface area contributed by atoms with Crippen LogP contribution in [0.25, 0.3) is 0 Å². The molecule has 114 valence electrons. The zero-order valence-corrected chi connectivity index (χ0v) is 12.7. The van der Waals surface area contributed by atoms with Crippen LogP contribution in [0.4, 0.5) is 0 Å². The minimum atomic E-state index is -0.555. The van der Waals surface area contributed by atoms with Gasteiger partial charge in [-0.3, -0.25) is 0 Å². The van der Waals surface area contributed by atoms with Crippen LogP contribution in [0.5, 0.6) is 11.5 Å². The highest BCUT2D eigenvalue weighted by Crippen LogP contribution is 2.36. The molecule has 0 heterocycles. The Kier molecular flexibility index (Phi) is 6.82. The summed E-state index contributed by atoms with van der Waals surface area (Å²) in [6.07, 6.45) is 1.74. The summed E-state index contributed by atoms with van der Waals surface area (Å²) in [4.78, 5) is 0. The molecule has 0 aromatic heterocycles. The van der Waals surface area contributed by atoms with E-state index in [-0.39, 0.29) is 17.7 Å². The van der Waals surface area contributed by atoms with Crippen molar-refractivity contribution in [3.05, 3.63) is 23.8 Å². The molecule has 0 saturated heterocycles. The first-order valence-corrected chi connectivity index (χ1v) is 7.39. The molecule has 0 aliphatic rings. The number of aromatic hydroxyl groups is 1. The Balaban J connectivity index is 2.76. The molecule has 0 radical (unpaired) electrons. The van der Waals surface area contributed by atoms with Gasteiger partial charge in [0.25, 0.3) is 0 Å². The Labute approximate surface area is 121 Å². The average molecular weight is 281 g/mol. The molecule has 0 spiro atoms. The molecule has 0 fully saturated rings. The number of hydrogen-bond donors (Lipinski definition) is 3. The van der Waals surface area contributed by atoms with Crippen molar-refractivity contribution in [3.8, 4) is 11.5 Å². The minimum absolute atomic E-state index is 0.0216. The molecule has 0 saturated carbocycles. The third kappa shape index (κ3) is 4.39. The zero-order chi connectivity index (χ0) is 15.1. The standard InChI is InChI=1S/C16H27NO3/c1-4-7-13(17)14(18)10-11(3)12-8-6-9-15(16(12)19)20-5-2/h6,8-9,11,13-14,18-19H,4-5,7,10,17H2,1-3H3. The van der Waals surface area contributed by atoms with Crippen LogP contribution >= 0.6 is 0 Å². The van der Waals surface area contributed by atoms with Gasteiger partial charge in [-0.1, -0.05) is 32.4 Å². The topological polar surface area (TPSA) is 75.7 Å². The fourth-order valence-corrected chi connectivity index (χ4v) is 2.40. The van der Waals surface area contributed by atoms with E-state index < -0.39 is 6.10 Å². The smallest absolute Gasteiger partial charge is 0.161 e. The summed E-state index contributed by atoms with van der Waals surface area (Å²) in [6.45, 7) is 6.42. The number of phenols is 1. The van der Waals surface area contributed by atoms with E-state index in [9.17, 15) is 10.2 Å². The Bertz CT molecular complexity index is 409. The van der Waals surface area contributed by atoms with Crippen LogP contribution in [0.1, 0.15) is 51.5 Å². The fourth-order valence-electron chi connectivity index (χ4n) is 2.40. The van der Waals surface area contributed by atoms with Crippen LogP contribution in [0, 0.1) is 0 Å². The summed E-state index contributed by atoms with van der Waals surface area (Å²) in [6, 6.07) is 5.25. The van der Waals surface area contributed by atoms with Crippen LogP contribution in [0.3, 0.4) is 0 Å². The molecular formula is C16H27NO3. The summed E-state index contributed by atoms with van der Waals surface area (Å²) in [7, 11) is 0. The van der Waals surface area contributed by atoms with Gasteiger partial charge >= 0.3 is 0 Å². The number of benzene rings is 1. The Morgan fingerprint density at radius 1 is 1.30 bits per heavy atom. The molecule has 4 nitrogen and oxygen atoms in total. The van der Waals surface area contributed by atoms with E-state index in [0.29, 0.717) is 18.8 Å². The lowest BCUT2D eigenvalue weighted by Crippen LogP contribution is -2.35. The minimum Gasteiger partial charge on any atom is -0.504 e. The first-order valence-electron chi connectivity index (χ1n) is 7.39. The maximum Gasteiger partial charge on any atom is 0.161 e. The molecule has 0 aliphatic heterocycles. The van der Waals surface area contributed by atoms with E-state index in [1.165, 1.54) is 0 Å². The van der Waals surface area contributed by atoms with E-state index >= 15 is 0 Å². The van der Waals surface area contributed by atoms with Gasteiger partial charge in [-0.15, -0.1) is 0 Å². The summed E-state index contributed by atoms with van der Waals surface area (Å²) in [5.41, 5.74) is 6.72. The highest BCUT2D eigenvalue weighted by Gasteiger charge is 2.21. The van der Waals surface area contributed by atoms with Crippen LogP contribution in [-0.4, -0.2) is 29.0 Å². The SMILES string of the molecule is CCCC(N)C(O)CC(C)c1cccc(OCC)c1O. The van der Waals surface area contributed by atoms with Gasteiger partial charge in [0.1, 0.15) is 0 Å². The third-order valence-electron chi connectivity index (χ3n) is 3.57. The van der Waals surface area contributed by atoms with Crippen LogP contribution < -0.4 is 10.5 Å². The first kappa shape index (κ1) is 16.8. The molecule has 20 heavy (non-hydrogen) atoms. The lowest BCUT2D eigenvalue weighted by atomic mass is 9.90. The van der Waals surface area contributed by atoms with E-state index in [4.69, 9.17) is 10.5 Å². The lowest BCUT2D eigenvalue weighted by Gasteiger charge is -2.23. The molecule has 3 unspecified atom stereocenters. The molecule has 1 aromatic carbocycles. The van der Waals surface area contributed by atoms with E-state index in [1.807, 2.05) is 32.9 Å². The van der Waals surface area contributed by atoms with E-state index in [1.54, 1.807) is 6.07 Å². The van der Waals surface area contributed by atoms with Gasteiger partial charge in [-0.05, 0) is 31.7 Å². The van der Waals surface area contributed by atoms with Crippen LogP contribution in [-0.2, 0) is 0 Å². The van der Waals surface area contributed by atoms with Crippen LogP contribution in [0.15, 0.2) is 18.2 Å². The second kappa shape index (κ2) is 8.12. The van der Waals surface area contributed by atoms with Gasteiger partial charge in [0, 0.05) is 11.6 Å². The lowest BCUT2D eigenvalue weighted by molar-refractivity contribution is 0.123. The van der Waals surface area contributed by atoms with Crippen molar-refractivity contribution in [2.75, 3.05) is 6.61 Å². The van der Waals surface area contributed by atoms with Crippen molar-refractivity contribution >= 4 is 0 Å². The monoisotopic (exact) mass is 281 g/mol. The molecule has 3 atom stereocenters. The molecule has 0 amide bonds. The summed E-state index contributed by atoms with van der Waals surface area (Å²) in [5, 5.41) is 20.3. The molecular weight excluding hydrogens is 254 g/mol. The molecule has 4 heteroatoms. The average Bonchev–Trinajstić information content (AvgIpc) is 2.41. The highest BCUT2D eigenvalue weighted by molar-refractivity contribution is 5.46. The van der Waals surface area contributed by atoms with Crippen LogP contribution in [0.2, 0.25) is 0 Å². The van der Waals surface area contributed by atoms with Crippen molar-refractivity contribution in [1.82, 2.24) is 0 Å². The molecule has 1 rings (SSSR count). The first-order chi connectivity index (χ1) is 9.51. The van der Waals surface area contributed by atoms with Gasteiger partial charge < -0.3 is 20.7 Å². The predicted octanol–water partition coefficient (Wildman–Crippen LogP) is 2.77. The van der Waals surface area contributed by atoms with Crippen molar-refractivity contribution in [1.29, 1.82) is 0 Å². The number of para-hydroxylation sites is 1. The summed E-state index contributed by atoms with van der Waals surface area (Å²) in [5.74, 6) is 0.677. The molecule has 0 bridgehead atoms. The Hall–Kier alpha value is -1.26. The van der Waals surface area contributed by atoms with Gasteiger partial charge in [0.15, 0.2) is 11.5 Å². The van der Waals surface area contributed by atoms with Crippen molar-refractivity contribution in [3.63, 3.8) is 0 Å². The van der Waals surface area contributed by atoms with Gasteiger partial charge in [-0.2, -0.15) is 0 Å². The maximum absolute atomic E-state index is 10.2. The largest absolute Gasteiger partial charge is 0.504 e. The number of aliphatic hydroxyl groups is 1. The quantitative estimate of drug-likeness (QED) is 0.685. The number of phenolic OH excluding ortho intramolecular Hbond substituents is 1. The molecule has 0 aliphatic carbocycles. The predicted molar refractivity (Wildman–Crippen MR) is 81.2 cm³/mol. The number of nitrogens with two attached hydrogens (primary N) is 1. The van der Waals surface area contributed by atoms with Crippen molar-refractivity contribution in [2.24, 2.45) is 5.73 Å².